The third kappa shape index (κ3) is 37.8. The molecule has 0 unspecified atom stereocenters. The van der Waals surface area contributed by atoms with Crippen molar-refractivity contribution >= 4 is 46.4 Å². The molecule has 9 aromatic rings. The Kier molecular flexibility index (Phi) is 45.2. The van der Waals surface area contributed by atoms with Gasteiger partial charge in [0.25, 0.3) is 0 Å². The molecule has 11 nitrogen and oxygen atoms in total. The maximum atomic E-state index is 12.5. The molecule has 0 fully saturated rings. The number of halogens is 6. The lowest BCUT2D eigenvalue weighted by Crippen LogP contribution is -2.06. The largest absolute Gasteiger partial charge is 0.481 e. The quantitative estimate of drug-likeness (QED) is 0.108. The van der Waals surface area contributed by atoms with E-state index < -0.39 is 11.9 Å². The van der Waals surface area contributed by atoms with Crippen LogP contribution in [0, 0.1) is 39.6 Å². The number of rotatable bonds is 12. The maximum absolute atomic E-state index is 12.5. The van der Waals surface area contributed by atoms with E-state index in [-0.39, 0.29) is 13.5 Å². The van der Waals surface area contributed by atoms with Crippen LogP contribution in [-0.4, -0.2) is 58.1 Å². The van der Waals surface area contributed by atoms with Gasteiger partial charge in [-0.3, -0.25) is 9.97 Å². The van der Waals surface area contributed by atoms with Crippen LogP contribution in [0.15, 0.2) is 147 Å². The normalized spacial score (nSPS) is 10.4. The number of nitrogens with zero attached hydrogens (tertiary/aromatic N) is 9. The predicted molar refractivity (Wildman–Crippen MR) is 413 cm³/mol. The number of aryl methyl sites for hydroxylation is 4. The molecular formula is C81H113Cl4F2N9O2. The van der Waals surface area contributed by atoms with Crippen LogP contribution in [0.3, 0.4) is 0 Å². The van der Waals surface area contributed by atoms with E-state index in [1.54, 1.807) is 37.7 Å². The highest BCUT2D eigenvalue weighted by Crippen LogP contribution is 2.26. The fourth-order valence-electron chi connectivity index (χ4n) is 8.40. The second kappa shape index (κ2) is 48.7. The molecule has 0 atom stereocenters. The molecule has 0 bridgehead atoms. The summed E-state index contributed by atoms with van der Waals surface area (Å²) in [5, 5.41) is 2.27. The zero-order valence-corrected chi connectivity index (χ0v) is 65.3. The van der Waals surface area contributed by atoms with Gasteiger partial charge >= 0.3 is 0 Å². The smallest absolute Gasteiger partial charge is 0.213 e. The highest BCUT2D eigenvalue weighted by Gasteiger charge is 2.09. The van der Waals surface area contributed by atoms with Gasteiger partial charge in [-0.2, -0.15) is 8.78 Å². The monoisotopic (exact) mass is 1420 g/mol. The standard InChI is InChI=1S/C11H17NO.C9H12ClN.C9H12FN.C9H13NO.2C9H13N.C8H9Cl2N.C8H10ClN.C8H10FN.CH4/c1-8(2)10-5-6-11(12-7-10)13-9(3)4;2*1-6(2)8-4-5-9(10)11-7(8)3;1-7(2)8-4-5-9(11-3)10-6-8;1-7(2)9-6-10-5-4-8(9)3;1-7(2)9-5-4-8(3)10-6-9;1-5(2)6-4-11-8(10)3-7(6)9;2*1-6(2)7-3-4-8(9)10-5-7;/h5-9H,1-4H3;2*4-6H,1-3H3;4-7H,1-3H3;2*4-7H,1-3H3;3-5H,1-2H3;2*3-6H,1-2H3;1H4. The Balaban J connectivity index is 0.00000108. The number of methoxy groups -OCH3 is 1. The summed E-state index contributed by atoms with van der Waals surface area (Å²) in [6.07, 6.45) is 14.7. The van der Waals surface area contributed by atoms with Crippen LogP contribution in [0.5, 0.6) is 11.8 Å². The third-order valence-electron chi connectivity index (χ3n) is 14.5. The second-order valence-electron chi connectivity index (χ2n) is 26.1. The van der Waals surface area contributed by atoms with Crippen molar-refractivity contribution in [2.75, 3.05) is 7.11 Å². The number of aromatic nitrogens is 9. The molecule has 0 aliphatic rings. The Morgan fingerprint density at radius 2 is 0.745 bits per heavy atom. The van der Waals surface area contributed by atoms with Gasteiger partial charge in [-0.1, -0.05) is 221 Å². The first kappa shape index (κ1) is 91.0. The van der Waals surface area contributed by atoms with Crippen molar-refractivity contribution in [2.45, 2.75) is 233 Å². The van der Waals surface area contributed by atoms with E-state index in [1.807, 2.05) is 114 Å². The summed E-state index contributed by atoms with van der Waals surface area (Å²) in [5.74, 6) is 5.12. The van der Waals surface area contributed by atoms with Gasteiger partial charge in [-0.05, 0) is 193 Å². The average molecular weight is 1420 g/mol. The molecule has 98 heavy (non-hydrogen) atoms. The van der Waals surface area contributed by atoms with Crippen molar-refractivity contribution in [1.82, 2.24) is 44.9 Å². The molecule has 9 rings (SSSR count). The molecule has 17 heteroatoms. The van der Waals surface area contributed by atoms with E-state index in [0.717, 1.165) is 33.8 Å². The van der Waals surface area contributed by atoms with Gasteiger partial charge in [0.2, 0.25) is 23.7 Å². The molecular weight excluding hydrogens is 1310 g/mol. The Morgan fingerprint density at radius 3 is 1.09 bits per heavy atom. The van der Waals surface area contributed by atoms with Gasteiger partial charge in [0.1, 0.15) is 15.5 Å². The zero-order valence-electron chi connectivity index (χ0n) is 62.2. The van der Waals surface area contributed by atoms with Gasteiger partial charge in [0.05, 0.1) is 13.2 Å². The molecule has 0 aromatic carbocycles. The molecule has 0 radical (unpaired) electrons. The number of hydrogen-bond donors (Lipinski definition) is 0. The second-order valence-corrected chi connectivity index (χ2v) is 27.6. The average Bonchev–Trinajstić information content (AvgIpc) is 1.06. The molecule has 536 valence electrons. The van der Waals surface area contributed by atoms with Gasteiger partial charge in [0, 0.05) is 83.8 Å². The van der Waals surface area contributed by atoms with Crippen molar-refractivity contribution in [3.05, 3.63) is 252 Å². The first-order chi connectivity index (χ1) is 45.5. The van der Waals surface area contributed by atoms with Crippen LogP contribution in [-0.2, 0) is 0 Å². The first-order valence-electron chi connectivity index (χ1n) is 33.2. The minimum Gasteiger partial charge on any atom is -0.481 e. The minimum absolute atomic E-state index is 0. The number of ether oxygens (including phenoxy) is 2. The van der Waals surface area contributed by atoms with Gasteiger partial charge in [-0.25, -0.2) is 34.9 Å². The molecule has 0 N–H and O–H groups in total. The Bertz CT molecular complexity index is 3320. The maximum Gasteiger partial charge on any atom is 0.213 e. The summed E-state index contributed by atoms with van der Waals surface area (Å²) < 4.78 is 35.1. The lowest BCUT2D eigenvalue weighted by Gasteiger charge is -2.09. The lowest BCUT2D eigenvalue weighted by atomic mass is 10.0. The van der Waals surface area contributed by atoms with E-state index in [1.165, 1.54) is 51.1 Å². The topological polar surface area (TPSA) is 134 Å². The van der Waals surface area contributed by atoms with Crippen LogP contribution in [0.2, 0.25) is 20.5 Å². The number of pyridine rings is 9. The highest BCUT2D eigenvalue weighted by atomic mass is 35.5. The summed E-state index contributed by atoms with van der Waals surface area (Å²) >= 11 is 22.8. The van der Waals surface area contributed by atoms with E-state index >= 15 is 0 Å². The Morgan fingerprint density at radius 1 is 0.347 bits per heavy atom. The summed E-state index contributed by atoms with van der Waals surface area (Å²) in [7, 11) is 1.62. The van der Waals surface area contributed by atoms with E-state index in [4.69, 9.17) is 55.9 Å². The highest BCUT2D eigenvalue weighted by molar-refractivity contribution is 6.34. The summed E-state index contributed by atoms with van der Waals surface area (Å²) in [5.41, 5.74) is 15.1. The Labute approximate surface area is 609 Å². The van der Waals surface area contributed by atoms with Crippen molar-refractivity contribution in [1.29, 1.82) is 0 Å². The van der Waals surface area contributed by atoms with Crippen molar-refractivity contribution in [2.24, 2.45) is 0 Å². The molecule has 9 aromatic heterocycles. The molecule has 0 saturated heterocycles. The van der Waals surface area contributed by atoms with Crippen molar-refractivity contribution in [3.63, 3.8) is 0 Å². The van der Waals surface area contributed by atoms with E-state index in [2.05, 4.69) is 201 Å². The number of hydrogen-bond acceptors (Lipinski definition) is 11. The fourth-order valence-corrected chi connectivity index (χ4v) is 9.29. The predicted octanol–water partition coefficient (Wildman–Crippen LogP) is 25.4. The molecule has 0 amide bonds. The molecule has 9 heterocycles. The van der Waals surface area contributed by atoms with Gasteiger partial charge in [-0.15, -0.1) is 0 Å². The molecule has 0 spiro atoms. The first-order valence-corrected chi connectivity index (χ1v) is 34.7. The van der Waals surface area contributed by atoms with Gasteiger partial charge in [0.15, 0.2) is 0 Å². The fraction of sp³-hybridized carbons (Fsp3) is 0.444. The Hall–Kier alpha value is -7.03. The molecule has 0 aliphatic heterocycles. The van der Waals surface area contributed by atoms with Crippen LogP contribution in [0.1, 0.15) is 272 Å². The minimum atomic E-state index is -0.413. The lowest BCUT2D eigenvalue weighted by molar-refractivity contribution is 0.232. The van der Waals surface area contributed by atoms with Crippen LogP contribution in [0.25, 0.3) is 0 Å². The van der Waals surface area contributed by atoms with Crippen molar-refractivity contribution < 1.29 is 18.3 Å². The van der Waals surface area contributed by atoms with Gasteiger partial charge < -0.3 is 9.47 Å². The SMILES string of the molecule is C.CC(C)Oc1ccc(C(C)C)cn1.CC(C)c1ccc(Cl)nc1.CC(C)c1ccc(F)nc1.CC(C)c1cnc(Cl)cc1Cl.COc1ccc(C(C)C)cn1.Cc1ccc(C(C)C)cn1.Cc1ccncc1C(C)C.Cc1nc(Cl)ccc1C(C)C.Cc1nc(F)ccc1C(C)C. The van der Waals surface area contributed by atoms with Crippen LogP contribution < -0.4 is 9.47 Å². The summed E-state index contributed by atoms with van der Waals surface area (Å²) in [6, 6.07) is 29.8. The van der Waals surface area contributed by atoms with Crippen LogP contribution in [0.4, 0.5) is 8.78 Å². The molecule has 0 aliphatic carbocycles. The van der Waals surface area contributed by atoms with E-state index in [9.17, 15) is 8.78 Å². The molecule has 0 saturated carbocycles. The van der Waals surface area contributed by atoms with E-state index in [0.29, 0.717) is 85.5 Å². The summed E-state index contributed by atoms with van der Waals surface area (Å²) in [4.78, 5) is 35.9. The summed E-state index contributed by atoms with van der Waals surface area (Å²) in [6.45, 7) is 50.2. The van der Waals surface area contributed by atoms with Crippen LogP contribution >= 0.6 is 46.4 Å². The zero-order chi connectivity index (χ0) is 73.6. The third-order valence-corrected chi connectivity index (χ3v) is 15.4. The van der Waals surface area contributed by atoms with Crippen molar-refractivity contribution in [3.8, 4) is 11.8 Å².